The largest absolute Gasteiger partial charge is 0.497 e. The van der Waals surface area contributed by atoms with Crippen LogP contribution in [0.3, 0.4) is 0 Å². The SMILES string of the molecule is COc1ccc(C(NC(=O)Nc2cc(C)ccc2C)C2CC2)cc1. The molecule has 0 heterocycles. The van der Waals surface area contributed by atoms with E-state index in [-0.39, 0.29) is 12.1 Å². The van der Waals surface area contributed by atoms with E-state index < -0.39 is 0 Å². The Bertz CT molecular complexity index is 721. The predicted octanol–water partition coefficient (Wildman–Crippen LogP) is 4.58. The smallest absolute Gasteiger partial charge is 0.319 e. The first-order valence-corrected chi connectivity index (χ1v) is 8.35. The molecule has 1 atom stereocenters. The summed E-state index contributed by atoms with van der Waals surface area (Å²) in [7, 11) is 1.66. The molecule has 1 fully saturated rings. The third-order valence-electron chi connectivity index (χ3n) is 4.50. The van der Waals surface area contributed by atoms with Crippen LogP contribution >= 0.6 is 0 Å². The van der Waals surface area contributed by atoms with Gasteiger partial charge in [0.2, 0.25) is 0 Å². The van der Waals surface area contributed by atoms with Crippen LogP contribution in [0.4, 0.5) is 10.5 Å². The Morgan fingerprint density at radius 1 is 1.12 bits per heavy atom. The van der Waals surface area contributed by atoms with E-state index in [1.807, 2.05) is 56.3 Å². The average Bonchev–Trinajstić information content (AvgIpc) is 3.41. The van der Waals surface area contributed by atoms with Gasteiger partial charge in [-0.25, -0.2) is 4.79 Å². The fourth-order valence-electron chi connectivity index (χ4n) is 2.88. The van der Waals surface area contributed by atoms with Crippen molar-refractivity contribution in [3.05, 3.63) is 59.2 Å². The van der Waals surface area contributed by atoms with E-state index in [0.717, 1.165) is 41.0 Å². The van der Waals surface area contributed by atoms with Crippen LogP contribution in [0, 0.1) is 19.8 Å². The number of rotatable bonds is 5. The van der Waals surface area contributed by atoms with Crippen LogP contribution < -0.4 is 15.4 Å². The molecule has 2 amide bonds. The highest BCUT2D eigenvalue weighted by atomic mass is 16.5. The number of nitrogens with one attached hydrogen (secondary N) is 2. The monoisotopic (exact) mass is 324 g/mol. The molecule has 0 aromatic heterocycles. The van der Waals surface area contributed by atoms with E-state index in [9.17, 15) is 4.79 Å². The normalized spacial score (nSPS) is 14.8. The van der Waals surface area contributed by atoms with Crippen LogP contribution in [0.2, 0.25) is 0 Å². The van der Waals surface area contributed by atoms with Crippen molar-refractivity contribution >= 4 is 11.7 Å². The summed E-state index contributed by atoms with van der Waals surface area (Å²) in [5, 5.41) is 6.12. The zero-order chi connectivity index (χ0) is 17.1. The number of urea groups is 1. The average molecular weight is 324 g/mol. The summed E-state index contributed by atoms with van der Waals surface area (Å²) in [6.07, 6.45) is 2.31. The summed E-state index contributed by atoms with van der Waals surface area (Å²) < 4.78 is 5.21. The lowest BCUT2D eigenvalue weighted by atomic mass is 10.0. The Morgan fingerprint density at radius 2 is 1.83 bits per heavy atom. The van der Waals surface area contributed by atoms with Gasteiger partial charge >= 0.3 is 6.03 Å². The van der Waals surface area contributed by atoms with Crippen molar-refractivity contribution in [2.45, 2.75) is 32.7 Å². The van der Waals surface area contributed by atoms with Gasteiger partial charge in [0, 0.05) is 5.69 Å². The molecule has 1 saturated carbocycles. The lowest BCUT2D eigenvalue weighted by Gasteiger charge is -2.20. The van der Waals surface area contributed by atoms with Crippen molar-refractivity contribution < 1.29 is 9.53 Å². The third-order valence-corrected chi connectivity index (χ3v) is 4.50. The van der Waals surface area contributed by atoms with Gasteiger partial charge in [-0.2, -0.15) is 0 Å². The Hall–Kier alpha value is -2.49. The van der Waals surface area contributed by atoms with E-state index in [0.29, 0.717) is 5.92 Å². The molecule has 0 spiro atoms. The molecule has 3 rings (SSSR count). The van der Waals surface area contributed by atoms with Crippen LogP contribution in [-0.4, -0.2) is 13.1 Å². The number of carbonyl (C=O) groups excluding carboxylic acids is 1. The van der Waals surface area contributed by atoms with Gasteiger partial charge in [0.25, 0.3) is 0 Å². The minimum Gasteiger partial charge on any atom is -0.497 e. The molecule has 1 aliphatic carbocycles. The number of carbonyl (C=O) groups is 1. The summed E-state index contributed by atoms with van der Waals surface area (Å²) in [5.74, 6) is 1.34. The molecule has 126 valence electrons. The van der Waals surface area contributed by atoms with Crippen molar-refractivity contribution in [1.82, 2.24) is 5.32 Å². The maximum Gasteiger partial charge on any atom is 0.319 e. The highest BCUT2D eigenvalue weighted by Gasteiger charge is 2.33. The van der Waals surface area contributed by atoms with Crippen LogP contribution in [0.5, 0.6) is 5.75 Å². The van der Waals surface area contributed by atoms with Crippen LogP contribution in [0.1, 0.15) is 35.6 Å². The summed E-state index contributed by atoms with van der Waals surface area (Å²) in [6, 6.07) is 13.9. The van der Waals surface area contributed by atoms with Gasteiger partial charge in [0.1, 0.15) is 5.75 Å². The molecule has 0 aliphatic heterocycles. The van der Waals surface area contributed by atoms with Gasteiger partial charge in [0.05, 0.1) is 13.2 Å². The number of hydrogen-bond acceptors (Lipinski definition) is 2. The fraction of sp³-hybridized carbons (Fsp3) is 0.350. The molecule has 4 heteroatoms. The Balaban J connectivity index is 1.71. The molecule has 0 saturated heterocycles. The molecule has 2 N–H and O–H groups in total. The second-order valence-electron chi connectivity index (χ2n) is 6.51. The van der Waals surface area contributed by atoms with Crippen LogP contribution in [0.15, 0.2) is 42.5 Å². The highest BCUT2D eigenvalue weighted by Crippen LogP contribution is 2.41. The number of methoxy groups -OCH3 is 1. The van der Waals surface area contributed by atoms with Crippen molar-refractivity contribution in [1.29, 1.82) is 0 Å². The Labute approximate surface area is 143 Å². The fourth-order valence-corrected chi connectivity index (χ4v) is 2.88. The summed E-state index contributed by atoms with van der Waals surface area (Å²) >= 11 is 0. The maximum absolute atomic E-state index is 12.5. The molecule has 0 bridgehead atoms. The highest BCUT2D eigenvalue weighted by molar-refractivity contribution is 5.90. The number of benzene rings is 2. The third kappa shape index (κ3) is 3.88. The van der Waals surface area contributed by atoms with E-state index in [2.05, 4.69) is 10.6 Å². The van der Waals surface area contributed by atoms with Gasteiger partial charge in [-0.3, -0.25) is 0 Å². The van der Waals surface area contributed by atoms with Crippen molar-refractivity contribution in [2.75, 3.05) is 12.4 Å². The number of hydrogen-bond donors (Lipinski definition) is 2. The van der Waals surface area contributed by atoms with E-state index in [4.69, 9.17) is 4.74 Å². The second-order valence-corrected chi connectivity index (χ2v) is 6.51. The Kier molecular flexibility index (Phi) is 4.74. The topological polar surface area (TPSA) is 50.4 Å². The van der Waals surface area contributed by atoms with Gasteiger partial charge in [-0.15, -0.1) is 0 Å². The van der Waals surface area contributed by atoms with E-state index >= 15 is 0 Å². The van der Waals surface area contributed by atoms with E-state index in [1.165, 1.54) is 0 Å². The van der Waals surface area contributed by atoms with Crippen molar-refractivity contribution in [3.63, 3.8) is 0 Å². The number of aryl methyl sites for hydroxylation is 2. The molecule has 1 aliphatic rings. The first kappa shape index (κ1) is 16.4. The predicted molar refractivity (Wildman–Crippen MR) is 96.5 cm³/mol. The molecule has 1 unspecified atom stereocenters. The second kappa shape index (κ2) is 6.95. The van der Waals surface area contributed by atoms with Crippen molar-refractivity contribution in [3.8, 4) is 5.75 Å². The summed E-state index contributed by atoms with van der Waals surface area (Å²) in [5.41, 5.74) is 4.17. The van der Waals surface area contributed by atoms with Gasteiger partial charge in [-0.1, -0.05) is 24.3 Å². The number of amides is 2. The first-order valence-electron chi connectivity index (χ1n) is 8.35. The molecule has 0 radical (unpaired) electrons. The molecule has 2 aromatic carbocycles. The van der Waals surface area contributed by atoms with Crippen molar-refractivity contribution in [2.24, 2.45) is 5.92 Å². The zero-order valence-corrected chi connectivity index (χ0v) is 14.4. The maximum atomic E-state index is 12.5. The molecule has 24 heavy (non-hydrogen) atoms. The quantitative estimate of drug-likeness (QED) is 0.845. The summed E-state index contributed by atoms with van der Waals surface area (Å²) in [4.78, 5) is 12.5. The molecule has 4 nitrogen and oxygen atoms in total. The number of ether oxygens (including phenoxy) is 1. The molecular weight excluding hydrogens is 300 g/mol. The molecule has 2 aromatic rings. The zero-order valence-electron chi connectivity index (χ0n) is 14.4. The van der Waals surface area contributed by atoms with Gasteiger partial charge < -0.3 is 15.4 Å². The van der Waals surface area contributed by atoms with E-state index in [1.54, 1.807) is 7.11 Å². The first-order chi connectivity index (χ1) is 11.6. The van der Waals surface area contributed by atoms with Crippen LogP contribution in [0.25, 0.3) is 0 Å². The minimum atomic E-state index is -0.156. The summed E-state index contributed by atoms with van der Waals surface area (Å²) in [6.45, 7) is 4.02. The number of anilines is 1. The molecular formula is C20H24N2O2. The van der Waals surface area contributed by atoms with Gasteiger partial charge in [-0.05, 0) is 67.5 Å². The minimum absolute atomic E-state index is 0.0426. The lowest BCUT2D eigenvalue weighted by molar-refractivity contribution is 0.247. The standard InChI is InChI=1S/C20H24N2O2/c1-13-4-5-14(2)18(12-13)21-20(23)22-19(15-6-7-15)16-8-10-17(24-3)11-9-16/h4-5,8-12,15,19H,6-7H2,1-3H3,(H2,21,22,23). The lowest BCUT2D eigenvalue weighted by Crippen LogP contribution is -2.33. The van der Waals surface area contributed by atoms with Crippen LogP contribution in [-0.2, 0) is 0 Å². The van der Waals surface area contributed by atoms with Gasteiger partial charge in [0.15, 0.2) is 0 Å². The Morgan fingerprint density at radius 3 is 2.46 bits per heavy atom.